The molecule has 2 aromatic rings. The number of piperidine rings is 1. The van der Waals surface area contributed by atoms with E-state index in [1.165, 1.54) is 43.4 Å². The maximum absolute atomic E-state index is 4.96. The van der Waals surface area contributed by atoms with Crippen LogP contribution in [0.2, 0.25) is 0 Å². The molecule has 1 fully saturated rings. The number of hydrogen-bond acceptors (Lipinski definition) is 3. The van der Waals surface area contributed by atoms with Crippen molar-refractivity contribution in [1.82, 2.24) is 19.8 Å². The molecule has 1 aromatic heterocycles. The van der Waals surface area contributed by atoms with Crippen LogP contribution >= 0.6 is 12.4 Å². The number of H-pyrrole nitrogens is 1. The van der Waals surface area contributed by atoms with Gasteiger partial charge < -0.3 is 9.88 Å². The summed E-state index contributed by atoms with van der Waals surface area (Å²) in [7, 11) is 0. The molecule has 140 valence electrons. The van der Waals surface area contributed by atoms with Crippen LogP contribution in [0.1, 0.15) is 57.5 Å². The molecular weight excluding hydrogens is 332 g/mol. The third kappa shape index (κ3) is 4.75. The molecule has 0 amide bonds. The van der Waals surface area contributed by atoms with E-state index in [0.29, 0.717) is 6.04 Å². The number of para-hydroxylation sites is 1. The highest BCUT2D eigenvalue weighted by Crippen LogP contribution is 2.26. The molecule has 4 nitrogen and oxygen atoms in total. The minimum Gasteiger partial charge on any atom is -0.342 e. The molecule has 1 N–H and O–H groups in total. The summed E-state index contributed by atoms with van der Waals surface area (Å²) >= 11 is 0. The Morgan fingerprint density at radius 3 is 2.56 bits per heavy atom. The summed E-state index contributed by atoms with van der Waals surface area (Å²) in [5, 5.41) is 0. The van der Waals surface area contributed by atoms with Crippen molar-refractivity contribution < 1.29 is 0 Å². The monoisotopic (exact) mass is 364 g/mol. The highest BCUT2D eigenvalue weighted by Gasteiger charge is 2.17. The summed E-state index contributed by atoms with van der Waals surface area (Å²) in [6.45, 7) is 12.5. The zero-order chi connectivity index (χ0) is 16.9. The van der Waals surface area contributed by atoms with Crippen molar-refractivity contribution in [3.8, 4) is 0 Å². The molecule has 1 aliphatic heterocycles. The lowest BCUT2D eigenvalue weighted by atomic mass is 10.1. The molecule has 1 saturated heterocycles. The first-order valence-corrected chi connectivity index (χ1v) is 9.66. The van der Waals surface area contributed by atoms with Crippen molar-refractivity contribution in [3.63, 3.8) is 0 Å². The Balaban J connectivity index is 0.00000225. The summed E-state index contributed by atoms with van der Waals surface area (Å²) in [5.41, 5.74) is 3.68. The van der Waals surface area contributed by atoms with Crippen molar-refractivity contribution >= 4 is 23.4 Å². The van der Waals surface area contributed by atoms with Crippen LogP contribution in [-0.4, -0.2) is 52.5 Å². The van der Waals surface area contributed by atoms with Gasteiger partial charge in [-0.1, -0.05) is 32.4 Å². The predicted molar refractivity (Wildman–Crippen MR) is 109 cm³/mol. The van der Waals surface area contributed by atoms with Crippen LogP contribution in [0.3, 0.4) is 0 Å². The third-order valence-electron chi connectivity index (χ3n) is 5.52. The lowest BCUT2D eigenvalue weighted by molar-refractivity contribution is 0.230. The smallest absolute Gasteiger partial charge is 0.108 e. The molecule has 1 aromatic carbocycles. The number of nitrogens with one attached hydrogen (secondary N) is 1. The van der Waals surface area contributed by atoms with Gasteiger partial charge in [-0.2, -0.15) is 0 Å². The number of aromatic nitrogens is 2. The quantitative estimate of drug-likeness (QED) is 0.790. The molecule has 1 aliphatic rings. The normalized spacial score (nSPS) is 17.0. The molecule has 5 heteroatoms. The zero-order valence-electron chi connectivity index (χ0n) is 15.9. The van der Waals surface area contributed by atoms with Gasteiger partial charge in [-0.25, -0.2) is 4.98 Å². The van der Waals surface area contributed by atoms with Gasteiger partial charge in [0.2, 0.25) is 0 Å². The average Bonchev–Trinajstić information content (AvgIpc) is 3.04. The number of aromatic amines is 1. The second-order valence-electron chi connectivity index (χ2n) is 6.98. The number of halogens is 1. The van der Waals surface area contributed by atoms with Gasteiger partial charge >= 0.3 is 0 Å². The fraction of sp³-hybridized carbons (Fsp3) is 0.650. The first-order chi connectivity index (χ1) is 11.7. The van der Waals surface area contributed by atoms with Crippen LogP contribution in [-0.2, 0) is 6.42 Å². The number of hydrogen-bond donors (Lipinski definition) is 1. The van der Waals surface area contributed by atoms with Crippen molar-refractivity contribution in [2.75, 3.05) is 32.7 Å². The summed E-state index contributed by atoms with van der Waals surface area (Å²) < 4.78 is 0. The molecule has 0 saturated carbocycles. The fourth-order valence-corrected chi connectivity index (χ4v) is 3.98. The Morgan fingerprint density at radius 2 is 1.88 bits per heavy atom. The topological polar surface area (TPSA) is 35.2 Å². The Labute approximate surface area is 158 Å². The van der Waals surface area contributed by atoms with Crippen LogP contribution in [0, 0.1) is 0 Å². The number of imidazole rings is 1. The van der Waals surface area contributed by atoms with Gasteiger partial charge in [-0.05, 0) is 57.6 Å². The van der Waals surface area contributed by atoms with Crippen LogP contribution in [0.15, 0.2) is 18.2 Å². The van der Waals surface area contributed by atoms with Gasteiger partial charge in [0.15, 0.2) is 0 Å². The van der Waals surface area contributed by atoms with Crippen molar-refractivity contribution in [2.45, 2.75) is 52.5 Å². The van der Waals surface area contributed by atoms with E-state index in [1.807, 2.05) is 0 Å². The minimum atomic E-state index is 0. The molecule has 0 bridgehead atoms. The van der Waals surface area contributed by atoms with Gasteiger partial charge in [0.05, 0.1) is 11.0 Å². The summed E-state index contributed by atoms with van der Waals surface area (Å²) in [6, 6.07) is 6.96. The third-order valence-corrected chi connectivity index (χ3v) is 5.52. The number of benzene rings is 1. The molecule has 2 heterocycles. The standard InChI is InChI=1S/C20H32N4.ClH/c1-4-24(5-2)16(3)17-10-9-11-18-20(17)22-19(21-18)12-15-23-13-7-6-8-14-23;/h9-11,16H,4-8,12-15H2,1-3H3,(H,21,22);1H. The lowest BCUT2D eigenvalue weighted by Gasteiger charge is -2.26. The van der Waals surface area contributed by atoms with E-state index in [0.717, 1.165) is 37.4 Å². The highest BCUT2D eigenvalue weighted by molar-refractivity contribution is 5.85. The van der Waals surface area contributed by atoms with Crippen LogP contribution in [0.4, 0.5) is 0 Å². The molecule has 3 rings (SSSR count). The van der Waals surface area contributed by atoms with Crippen LogP contribution in [0.5, 0.6) is 0 Å². The van der Waals surface area contributed by atoms with Gasteiger partial charge in [0.25, 0.3) is 0 Å². The van der Waals surface area contributed by atoms with E-state index < -0.39 is 0 Å². The first-order valence-electron chi connectivity index (χ1n) is 9.66. The van der Waals surface area contributed by atoms with E-state index in [-0.39, 0.29) is 12.4 Å². The summed E-state index contributed by atoms with van der Waals surface area (Å²) in [4.78, 5) is 13.6. The van der Waals surface area contributed by atoms with Crippen molar-refractivity contribution in [3.05, 3.63) is 29.6 Å². The SMILES string of the molecule is CCN(CC)C(C)c1cccc2[nH]c(CCN3CCCCC3)nc12.Cl. The number of nitrogens with zero attached hydrogens (tertiary/aromatic N) is 3. The molecule has 1 atom stereocenters. The number of rotatable bonds is 7. The fourth-order valence-electron chi connectivity index (χ4n) is 3.98. The lowest BCUT2D eigenvalue weighted by Crippen LogP contribution is -2.31. The van der Waals surface area contributed by atoms with Crippen LogP contribution < -0.4 is 0 Å². The predicted octanol–water partition coefficient (Wildman–Crippen LogP) is 4.42. The van der Waals surface area contributed by atoms with E-state index in [9.17, 15) is 0 Å². The first kappa shape index (κ1) is 20.2. The average molecular weight is 365 g/mol. The molecule has 0 spiro atoms. The Morgan fingerprint density at radius 1 is 1.16 bits per heavy atom. The van der Waals surface area contributed by atoms with Gasteiger partial charge in [0.1, 0.15) is 5.82 Å². The largest absolute Gasteiger partial charge is 0.342 e. The number of likely N-dealkylation sites (tertiary alicyclic amines) is 1. The van der Waals surface area contributed by atoms with Gasteiger partial charge in [-0.3, -0.25) is 4.90 Å². The van der Waals surface area contributed by atoms with E-state index in [2.05, 4.69) is 53.8 Å². The molecule has 0 radical (unpaired) electrons. The molecular formula is C20H33ClN4. The Kier molecular flexibility index (Phi) is 7.73. The molecule has 1 unspecified atom stereocenters. The van der Waals surface area contributed by atoms with Gasteiger partial charge in [-0.15, -0.1) is 12.4 Å². The van der Waals surface area contributed by atoms with Crippen molar-refractivity contribution in [1.29, 1.82) is 0 Å². The maximum Gasteiger partial charge on any atom is 0.108 e. The van der Waals surface area contributed by atoms with Crippen molar-refractivity contribution in [2.24, 2.45) is 0 Å². The summed E-state index contributed by atoms with van der Waals surface area (Å²) in [6.07, 6.45) is 5.12. The zero-order valence-corrected chi connectivity index (χ0v) is 16.7. The van der Waals surface area contributed by atoms with Gasteiger partial charge in [0, 0.05) is 19.0 Å². The summed E-state index contributed by atoms with van der Waals surface area (Å²) in [5.74, 6) is 1.13. The maximum atomic E-state index is 4.96. The molecule has 0 aliphatic carbocycles. The molecule has 25 heavy (non-hydrogen) atoms. The second kappa shape index (κ2) is 9.56. The second-order valence-corrected chi connectivity index (χ2v) is 6.98. The number of fused-ring (bicyclic) bond motifs is 1. The minimum absolute atomic E-state index is 0. The van der Waals surface area contributed by atoms with Crippen LogP contribution in [0.25, 0.3) is 11.0 Å². The highest BCUT2D eigenvalue weighted by atomic mass is 35.5. The van der Waals surface area contributed by atoms with E-state index in [1.54, 1.807) is 0 Å². The van der Waals surface area contributed by atoms with E-state index in [4.69, 9.17) is 4.98 Å². The van der Waals surface area contributed by atoms with E-state index >= 15 is 0 Å². The Hall–Kier alpha value is -1.10. The Bertz CT molecular complexity index is 644.